The van der Waals surface area contributed by atoms with E-state index in [0.29, 0.717) is 12.0 Å². The van der Waals surface area contributed by atoms with Gasteiger partial charge in [0.05, 0.1) is 11.2 Å². The monoisotopic (exact) mass is 381 g/mol. The van der Waals surface area contributed by atoms with Crippen molar-refractivity contribution in [3.05, 3.63) is 63.8 Å². The molecule has 1 heterocycles. The number of carbonyl (C=O) groups is 1. The molecule has 2 aromatic carbocycles. The van der Waals surface area contributed by atoms with Crippen LogP contribution >= 0.6 is 15.9 Å². The van der Waals surface area contributed by atoms with Crippen LogP contribution in [0, 0.1) is 5.41 Å². The van der Waals surface area contributed by atoms with Gasteiger partial charge in [0, 0.05) is 33.1 Å². The maximum Gasteiger partial charge on any atom is 0.165 e. The van der Waals surface area contributed by atoms with Crippen LogP contribution in [0.1, 0.15) is 34.5 Å². The summed E-state index contributed by atoms with van der Waals surface area (Å²) in [7, 11) is 0. The second-order valence-electron chi connectivity index (χ2n) is 6.03. The van der Waals surface area contributed by atoms with Gasteiger partial charge in [-0.2, -0.15) is 0 Å². The average Bonchev–Trinajstić information content (AvgIpc) is 2.90. The van der Waals surface area contributed by atoms with Crippen molar-refractivity contribution in [3.8, 4) is 5.69 Å². The summed E-state index contributed by atoms with van der Waals surface area (Å²) in [6.07, 6.45) is 2.38. The van der Waals surface area contributed by atoms with Crippen molar-refractivity contribution >= 4 is 38.5 Å². The number of nitrogens with two attached hydrogens (primary N) is 1. The van der Waals surface area contributed by atoms with E-state index in [4.69, 9.17) is 11.1 Å². The van der Waals surface area contributed by atoms with Crippen LogP contribution in [-0.2, 0) is 6.42 Å². The minimum Gasteiger partial charge on any atom is -0.384 e. The van der Waals surface area contributed by atoms with Crippen molar-refractivity contribution in [2.45, 2.75) is 19.3 Å². The third kappa shape index (κ3) is 2.19. The second kappa shape index (κ2) is 5.60. The Hall–Kier alpha value is -2.40. The lowest BCUT2D eigenvalue weighted by molar-refractivity contribution is 0.0973. The first-order valence-corrected chi connectivity index (χ1v) is 8.67. The van der Waals surface area contributed by atoms with Gasteiger partial charge in [-0.15, -0.1) is 0 Å². The molecule has 3 N–H and O–H groups in total. The van der Waals surface area contributed by atoms with Gasteiger partial charge < -0.3 is 10.3 Å². The van der Waals surface area contributed by atoms with Gasteiger partial charge in [-0.05, 0) is 53.0 Å². The number of hydrogen-bond acceptors (Lipinski definition) is 2. The molecule has 0 radical (unpaired) electrons. The number of nitrogens with zero attached hydrogens (tertiary/aromatic N) is 1. The Kier molecular flexibility index (Phi) is 3.53. The van der Waals surface area contributed by atoms with Crippen molar-refractivity contribution in [3.63, 3.8) is 0 Å². The Labute approximate surface area is 147 Å². The summed E-state index contributed by atoms with van der Waals surface area (Å²) in [5, 5.41) is 8.61. The van der Waals surface area contributed by atoms with Gasteiger partial charge in [0.2, 0.25) is 0 Å². The average molecular weight is 382 g/mol. The minimum atomic E-state index is 0.0387. The Bertz CT molecular complexity index is 1000. The maximum atomic E-state index is 12.5. The largest absolute Gasteiger partial charge is 0.384 e. The predicted octanol–water partition coefficient (Wildman–Crippen LogP) is 4.20. The van der Waals surface area contributed by atoms with Crippen LogP contribution in [0.3, 0.4) is 0 Å². The maximum absolute atomic E-state index is 12.5. The SMILES string of the molecule is N=C(N)c1ccc(-n2c3c(c4ccccc42)C(=O)CCC3)c(Br)c1. The molecule has 0 saturated heterocycles. The first-order chi connectivity index (χ1) is 11.6. The Morgan fingerprint density at radius 1 is 1.17 bits per heavy atom. The lowest BCUT2D eigenvalue weighted by atomic mass is 9.94. The molecule has 1 aliphatic carbocycles. The summed E-state index contributed by atoms with van der Waals surface area (Å²) in [6, 6.07) is 13.7. The van der Waals surface area contributed by atoms with Crippen LogP contribution in [0.5, 0.6) is 0 Å². The molecule has 0 fully saturated rings. The van der Waals surface area contributed by atoms with Crippen molar-refractivity contribution in [2.75, 3.05) is 0 Å². The molecular weight excluding hydrogens is 366 g/mol. The number of aromatic nitrogens is 1. The standard InChI is InChI=1S/C19H16BrN3O/c20-13-10-11(19(21)22)8-9-15(13)23-14-5-2-1-4-12(14)18-16(23)6-3-7-17(18)24/h1-2,4-5,8-10H,3,6-7H2,(H3,21,22). The van der Waals surface area contributed by atoms with Gasteiger partial charge in [-0.1, -0.05) is 18.2 Å². The molecule has 0 atom stereocenters. The van der Waals surface area contributed by atoms with Gasteiger partial charge >= 0.3 is 0 Å². The number of amidine groups is 1. The van der Waals surface area contributed by atoms with Gasteiger partial charge in [-0.3, -0.25) is 10.2 Å². The second-order valence-corrected chi connectivity index (χ2v) is 6.89. The number of fused-ring (bicyclic) bond motifs is 3. The zero-order chi connectivity index (χ0) is 16.8. The van der Waals surface area contributed by atoms with E-state index in [1.165, 1.54) is 0 Å². The molecule has 1 aliphatic rings. The summed E-state index contributed by atoms with van der Waals surface area (Å²) < 4.78 is 3.02. The normalized spacial score (nSPS) is 14.0. The fourth-order valence-electron chi connectivity index (χ4n) is 3.51. The molecule has 4 nitrogen and oxygen atoms in total. The fraction of sp³-hybridized carbons (Fsp3) is 0.158. The summed E-state index contributed by atoms with van der Waals surface area (Å²) in [5.41, 5.74) is 10.2. The fourth-order valence-corrected chi connectivity index (χ4v) is 4.07. The molecule has 0 saturated carbocycles. The zero-order valence-corrected chi connectivity index (χ0v) is 14.6. The van der Waals surface area contributed by atoms with Crippen LogP contribution < -0.4 is 5.73 Å². The minimum absolute atomic E-state index is 0.0387. The number of halogens is 1. The molecule has 4 rings (SSSR count). The molecule has 0 spiro atoms. The highest BCUT2D eigenvalue weighted by Gasteiger charge is 2.26. The van der Waals surface area contributed by atoms with Crippen LogP contribution in [0.15, 0.2) is 46.9 Å². The number of para-hydroxylation sites is 1. The Morgan fingerprint density at radius 3 is 2.71 bits per heavy atom. The molecule has 24 heavy (non-hydrogen) atoms. The first-order valence-electron chi connectivity index (χ1n) is 7.88. The van der Waals surface area contributed by atoms with Gasteiger partial charge in [0.1, 0.15) is 5.84 Å². The van der Waals surface area contributed by atoms with E-state index >= 15 is 0 Å². The molecule has 5 heteroatoms. The molecule has 1 aromatic heterocycles. The number of nitrogens with one attached hydrogen (secondary N) is 1. The molecular formula is C19H16BrN3O. The third-order valence-electron chi connectivity index (χ3n) is 4.57. The highest BCUT2D eigenvalue weighted by molar-refractivity contribution is 9.10. The molecule has 0 bridgehead atoms. The van der Waals surface area contributed by atoms with Crippen molar-refractivity contribution < 1.29 is 4.79 Å². The lowest BCUT2D eigenvalue weighted by Gasteiger charge is -2.17. The number of hydrogen-bond donors (Lipinski definition) is 2. The quantitative estimate of drug-likeness (QED) is 0.515. The third-order valence-corrected chi connectivity index (χ3v) is 5.20. The van der Waals surface area contributed by atoms with Crippen molar-refractivity contribution in [1.82, 2.24) is 4.57 Å². The first kappa shape index (κ1) is 15.1. The Balaban J connectivity index is 2.04. The lowest BCUT2D eigenvalue weighted by Crippen LogP contribution is -2.14. The van der Waals surface area contributed by atoms with Gasteiger partial charge in [0.25, 0.3) is 0 Å². The summed E-state index contributed by atoms with van der Waals surface area (Å²) in [6.45, 7) is 0. The highest BCUT2D eigenvalue weighted by Crippen LogP contribution is 2.36. The molecule has 0 amide bonds. The van der Waals surface area contributed by atoms with E-state index in [9.17, 15) is 4.79 Å². The molecule has 120 valence electrons. The van der Waals surface area contributed by atoms with Crippen LogP contribution in [0.2, 0.25) is 0 Å². The van der Waals surface area contributed by atoms with E-state index in [1.54, 1.807) is 0 Å². The Morgan fingerprint density at radius 2 is 1.96 bits per heavy atom. The van der Waals surface area contributed by atoms with Gasteiger partial charge in [0.15, 0.2) is 5.78 Å². The van der Waals surface area contributed by atoms with Crippen LogP contribution in [0.25, 0.3) is 16.6 Å². The zero-order valence-electron chi connectivity index (χ0n) is 13.0. The number of Topliss-reactive ketones (excluding diaryl/α,β-unsaturated/α-hetero) is 1. The summed E-state index contributed by atoms with van der Waals surface area (Å²) in [4.78, 5) is 12.5. The summed E-state index contributed by atoms with van der Waals surface area (Å²) in [5.74, 6) is 0.263. The topological polar surface area (TPSA) is 71.9 Å². The van der Waals surface area contributed by atoms with E-state index in [1.807, 2.05) is 42.5 Å². The highest BCUT2D eigenvalue weighted by atomic mass is 79.9. The predicted molar refractivity (Wildman–Crippen MR) is 99.3 cm³/mol. The number of carbonyl (C=O) groups excluding carboxylic acids is 1. The smallest absolute Gasteiger partial charge is 0.165 e. The molecule has 3 aromatic rings. The van der Waals surface area contributed by atoms with Crippen LogP contribution in [-0.4, -0.2) is 16.2 Å². The van der Waals surface area contributed by atoms with Crippen molar-refractivity contribution in [1.29, 1.82) is 5.41 Å². The van der Waals surface area contributed by atoms with E-state index in [0.717, 1.165) is 45.2 Å². The number of ketones is 1. The molecule has 0 unspecified atom stereocenters. The van der Waals surface area contributed by atoms with Crippen LogP contribution in [0.4, 0.5) is 0 Å². The number of rotatable bonds is 2. The summed E-state index contributed by atoms with van der Waals surface area (Å²) >= 11 is 3.61. The van der Waals surface area contributed by atoms with E-state index < -0.39 is 0 Å². The number of nitrogen functional groups attached to an aromatic ring is 1. The molecule has 0 aliphatic heterocycles. The van der Waals surface area contributed by atoms with E-state index in [2.05, 4.69) is 20.5 Å². The number of benzene rings is 2. The van der Waals surface area contributed by atoms with Crippen molar-refractivity contribution in [2.24, 2.45) is 5.73 Å². The van der Waals surface area contributed by atoms with Gasteiger partial charge in [-0.25, -0.2) is 0 Å². The van der Waals surface area contributed by atoms with E-state index in [-0.39, 0.29) is 11.6 Å².